The van der Waals surface area contributed by atoms with Gasteiger partial charge in [0.05, 0.1) is 11.8 Å². The Balaban J connectivity index is 1.24. The van der Waals surface area contributed by atoms with Crippen LogP contribution in [0.1, 0.15) is 48.7 Å². The van der Waals surface area contributed by atoms with E-state index in [-0.39, 0.29) is 11.9 Å². The number of rotatable bonds is 6. The molecule has 1 saturated carbocycles. The molecule has 1 fully saturated rings. The molecule has 0 saturated heterocycles. The molecule has 4 aromatic rings. The van der Waals surface area contributed by atoms with Crippen LogP contribution in [0.5, 0.6) is 0 Å². The van der Waals surface area contributed by atoms with Crippen molar-refractivity contribution in [3.05, 3.63) is 52.3 Å². The number of nitrogens with one attached hydrogen (secondary N) is 1. The summed E-state index contributed by atoms with van der Waals surface area (Å²) in [5.74, 6) is 1.49. The van der Waals surface area contributed by atoms with E-state index in [1.54, 1.807) is 0 Å². The van der Waals surface area contributed by atoms with Crippen molar-refractivity contribution < 1.29 is 4.79 Å². The van der Waals surface area contributed by atoms with Gasteiger partial charge in [-0.15, -0.1) is 21.5 Å². The number of aromatic amines is 1. The number of hydrogen-bond donors (Lipinski definition) is 1. The predicted octanol–water partition coefficient (Wildman–Crippen LogP) is 5.45. The number of fused-ring (bicyclic) bond motifs is 2. The monoisotopic (exact) mass is 463 g/mol. The second-order valence-electron chi connectivity index (χ2n) is 8.50. The van der Waals surface area contributed by atoms with Gasteiger partial charge in [-0.2, -0.15) is 0 Å². The van der Waals surface area contributed by atoms with Crippen LogP contribution in [0, 0.1) is 0 Å². The summed E-state index contributed by atoms with van der Waals surface area (Å²) in [4.78, 5) is 20.1. The van der Waals surface area contributed by atoms with Crippen molar-refractivity contribution in [1.29, 1.82) is 0 Å². The van der Waals surface area contributed by atoms with Crippen LogP contribution >= 0.6 is 23.1 Å². The molecule has 1 aliphatic heterocycles. The van der Waals surface area contributed by atoms with Gasteiger partial charge in [-0.1, -0.05) is 36.9 Å². The van der Waals surface area contributed by atoms with E-state index in [0.717, 1.165) is 59.7 Å². The van der Waals surface area contributed by atoms with E-state index in [9.17, 15) is 4.79 Å². The van der Waals surface area contributed by atoms with Crippen molar-refractivity contribution in [3.8, 4) is 11.4 Å². The minimum Gasteiger partial charge on any atom is -0.360 e. The van der Waals surface area contributed by atoms with E-state index in [4.69, 9.17) is 0 Å². The van der Waals surface area contributed by atoms with Crippen LogP contribution in [0.15, 0.2) is 47.1 Å². The zero-order valence-corrected chi connectivity index (χ0v) is 19.6. The Kier molecular flexibility index (Phi) is 5.07. The molecule has 2 aliphatic rings. The molecule has 164 valence electrons. The molecule has 1 aliphatic carbocycles. The van der Waals surface area contributed by atoms with Gasteiger partial charge in [-0.3, -0.25) is 9.36 Å². The molecule has 1 atom stereocenters. The van der Waals surface area contributed by atoms with Crippen LogP contribution in [-0.2, 0) is 11.2 Å². The van der Waals surface area contributed by atoms with Crippen molar-refractivity contribution in [2.45, 2.75) is 49.8 Å². The number of aromatic nitrogens is 4. The van der Waals surface area contributed by atoms with Crippen LogP contribution in [0.25, 0.3) is 22.3 Å². The van der Waals surface area contributed by atoms with E-state index in [2.05, 4.69) is 55.2 Å². The topological polar surface area (TPSA) is 66.8 Å². The number of thioether (sulfide) groups is 1. The predicted molar refractivity (Wildman–Crippen MR) is 129 cm³/mol. The first-order valence-electron chi connectivity index (χ1n) is 11.2. The van der Waals surface area contributed by atoms with Gasteiger partial charge in [0.15, 0.2) is 11.0 Å². The molecule has 0 spiro atoms. The van der Waals surface area contributed by atoms with E-state index >= 15 is 0 Å². The van der Waals surface area contributed by atoms with E-state index in [1.807, 2.05) is 29.7 Å². The summed E-state index contributed by atoms with van der Waals surface area (Å²) in [6.07, 6.45) is 6.21. The fraction of sp³-hybridized carbons (Fsp3) is 0.375. The molecule has 1 unspecified atom stereocenters. The van der Waals surface area contributed by atoms with E-state index in [1.165, 1.54) is 22.2 Å². The minimum atomic E-state index is 0.192. The number of nitrogens with zero attached hydrogens (tertiary/aromatic N) is 4. The Bertz CT molecular complexity index is 1280. The Morgan fingerprint density at radius 1 is 1.25 bits per heavy atom. The molecular formula is C24H25N5OS2. The maximum atomic E-state index is 13.2. The fourth-order valence-corrected chi connectivity index (χ4v) is 6.64. The number of para-hydroxylation sites is 1. The molecule has 6 rings (SSSR count). The van der Waals surface area contributed by atoms with Crippen LogP contribution in [-0.4, -0.2) is 42.9 Å². The number of thiophene rings is 1. The van der Waals surface area contributed by atoms with Crippen molar-refractivity contribution in [2.24, 2.45) is 0 Å². The van der Waals surface area contributed by atoms with Crippen molar-refractivity contribution in [1.82, 2.24) is 24.6 Å². The Morgan fingerprint density at radius 3 is 2.97 bits per heavy atom. The lowest BCUT2D eigenvalue weighted by Crippen LogP contribution is -2.40. The number of carbonyl (C=O) groups is 1. The van der Waals surface area contributed by atoms with Crippen LogP contribution in [0.4, 0.5) is 0 Å². The highest BCUT2D eigenvalue weighted by molar-refractivity contribution is 7.99. The third-order valence-electron chi connectivity index (χ3n) is 6.53. The number of carbonyl (C=O) groups excluding carboxylic acids is 1. The van der Waals surface area contributed by atoms with E-state index in [0.29, 0.717) is 11.8 Å². The molecule has 0 bridgehead atoms. The number of H-pyrrole nitrogens is 1. The third kappa shape index (κ3) is 3.36. The van der Waals surface area contributed by atoms with Crippen LogP contribution < -0.4 is 0 Å². The lowest BCUT2D eigenvalue weighted by atomic mass is 9.98. The normalized spacial score (nSPS) is 18.3. The lowest BCUT2D eigenvalue weighted by molar-refractivity contribution is -0.131. The second-order valence-corrected chi connectivity index (χ2v) is 10.4. The highest BCUT2D eigenvalue weighted by atomic mass is 32.2. The van der Waals surface area contributed by atoms with Crippen molar-refractivity contribution >= 4 is 39.9 Å². The highest BCUT2D eigenvalue weighted by Crippen LogP contribution is 2.42. The van der Waals surface area contributed by atoms with Gasteiger partial charge in [0.2, 0.25) is 5.91 Å². The summed E-state index contributed by atoms with van der Waals surface area (Å²) in [7, 11) is 0. The molecule has 1 N–H and O–H groups in total. The largest absolute Gasteiger partial charge is 0.360 e. The summed E-state index contributed by atoms with van der Waals surface area (Å²) in [6.45, 7) is 2.98. The first-order chi connectivity index (χ1) is 15.7. The van der Waals surface area contributed by atoms with Gasteiger partial charge in [0, 0.05) is 40.1 Å². The maximum Gasteiger partial charge on any atom is 0.233 e. The standard InChI is InChI=1S/C24H25N5OS2/c1-2-20-17-10-12-31-21(17)9-11-28(20)22(30)14-32-24-27-26-23(29(24)15-7-8-15)18-13-25-19-6-4-3-5-16(18)19/h3-6,10,12-13,15,20,25H,2,7-9,11,14H2,1H3. The Hall–Kier alpha value is -2.58. The SMILES string of the molecule is CCC1c2ccsc2CCN1C(=O)CSc1nnc(-c2c[nH]c3ccccc23)n1C1CC1. The maximum absolute atomic E-state index is 13.2. The first-order valence-corrected chi connectivity index (χ1v) is 13.1. The minimum absolute atomic E-state index is 0.192. The van der Waals surface area contributed by atoms with Gasteiger partial charge < -0.3 is 9.88 Å². The molecule has 8 heteroatoms. The summed E-state index contributed by atoms with van der Waals surface area (Å²) in [5.41, 5.74) is 3.51. The Morgan fingerprint density at radius 2 is 2.12 bits per heavy atom. The summed E-state index contributed by atoms with van der Waals surface area (Å²) >= 11 is 3.34. The fourth-order valence-electron chi connectivity index (χ4n) is 4.82. The average Bonchev–Trinajstić information content (AvgIpc) is 3.22. The van der Waals surface area contributed by atoms with Gasteiger partial charge in [-0.05, 0) is 48.8 Å². The summed E-state index contributed by atoms with van der Waals surface area (Å²) in [6, 6.07) is 11.1. The molecular weight excluding hydrogens is 438 g/mol. The van der Waals surface area contributed by atoms with Crippen LogP contribution in [0.2, 0.25) is 0 Å². The molecule has 32 heavy (non-hydrogen) atoms. The number of amides is 1. The molecule has 3 aromatic heterocycles. The summed E-state index contributed by atoms with van der Waals surface area (Å²) < 4.78 is 2.25. The molecule has 1 aromatic carbocycles. The summed E-state index contributed by atoms with van der Waals surface area (Å²) in [5, 5.41) is 13.2. The zero-order chi connectivity index (χ0) is 21.7. The van der Waals surface area contributed by atoms with Crippen molar-refractivity contribution in [2.75, 3.05) is 12.3 Å². The highest BCUT2D eigenvalue weighted by Gasteiger charge is 2.33. The van der Waals surface area contributed by atoms with Gasteiger partial charge in [0.1, 0.15) is 0 Å². The van der Waals surface area contributed by atoms with Gasteiger partial charge in [-0.25, -0.2) is 0 Å². The van der Waals surface area contributed by atoms with E-state index < -0.39 is 0 Å². The Labute approximate surface area is 195 Å². The molecule has 0 radical (unpaired) electrons. The van der Waals surface area contributed by atoms with Gasteiger partial charge in [0.25, 0.3) is 0 Å². The number of benzene rings is 1. The number of hydrogen-bond acceptors (Lipinski definition) is 5. The van der Waals surface area contributed by atoms with Crippen LogP contribution in [0.3, 0.4) is 0 Å². The quantitative estimate of drug-likeness (QED) is 0.386. The average molecular weight is 464 g/mol. The molecule has 6 nitrogen and oxygen atoms in total. The van der Waals surface area contributed by atoms with Gasteiger partial charge >= 0.3 is 0 Å². The lowest BCUT2D eigenvalue weighted by Gasteiger charge is -2.35. The molecule has 4 heterocycles. The second kappa shape index (κ2) is 8.08. The zero-order valence-electron chi connectivity index (χ0n) is 18.0. The molecule has 1 amide bonds. The third-order valence-corrected chi connectivity index (χ3v) is 8.46. The van der Waals surface area contributed by atoms with Crippen molar-refractivity contribution in [3.63, 3.8) is 0 Å². The smallest absolute Gasteiger partial charge is 0.233 e. The first kappa shape index (κ1) is 20.1.